The number of ether oxygens (including phenoxy) is 1. The van der Waals surface area contributed by atoms with Crippen molar-refractivity contribution in [1.29, 1.82) is 0 Å². The standard InChI is InChI=1S/C13H16N4O3/c14-11(18)10-2-1-3-15-12(10)17-4-8-6-20-7-9(5-17)16-13(8)19/h1-3,8-9H,4-7H2,(H2,14,18)(H,16,19)/t8-,9+/m1/s1. The molecule has 0 radical (unpaired) electrons. The molecule has 7 nitrogen and oxygen atoms in total. The number of rotatable bonds is 2. The van der Waals surface area contributed by atoms with Crippen molar-refractivity contribution in [2.45, 2.75) is 6.04 Å². The predicted molar refractivity (Wildman–Crippen MR) is 71.2 cm³/mol. The molecule has 0 spiro atoms. The Labute approximate surface area is 116 Å². The predicted octanol–water partition coefficient (Wildman–Crippen LogP) is -0.868. The number of pyridine rings is 1. The molecule has 2 bridgehead atoms. The molecule has 0 saturated carbocycles. The van der Waals surface area contributed by atoms with Crippen molar-refractivity contribution >= 4 is 17.6 Å². The second-order valence-corrected chi connectivity index (χ2v) is 5.08. The summed E-state index contributed by atoms with van der Waals surface area (Å²) in [5.41, 5.74) is 5.77. The van der Waals surface area contributed by atoms with E-state index in [9.17, 15) is 9.59 Å². The van der Waals surface area contributed by atoms with Crippen LogP contribution in [0, 0.1) is 5.92 Å². The summed E-state index contributed by atoms with van der Waals surface area (Å²) in [4.78, 5) is 29.7. The van der Waals surface area contributed by atoms with E-state index in [4.69, 9.17) is 10.5 Å². The lowest BCUT2D eigenvalue weighted by atomic mass is 10.1. The number of nitrogens with two attached hydrogens (primary N) is 1. The molecule has 106 valence electrons. The van der Waals surface area contributed by atoms with E-state index in [-0.39, 0.29) is 17.9 Å². The van der Waals surface area contributed by atoms with Crippen molar-refractivity contribution in [3.63, 3.8) is 0 Å². The van der Waals surface area contributed by atoms with Crippen molar-refractivity contribution in [2.75, 3.05) is 31.2 Å². The molecule has 2 aliphatic rings. The van der Waals surface area contributed by atoms with Crippen LogP contribution in [0.1, 0.15) is 10.4 Å². The lowest BCUT2D eigenvalue weighted by Gasteiger charge is -2.29. The zero-order valence-electron chi connectivity index (χ0n) is 10.9. The van der Waals surface area contributed by atoms with Gasteiger partial charge >= 0.3 is 0 Å². The van der Waals surface area contributed by atoms with Crippen LogP contribution >= 0.6 is 0 Å². The molecule has 3 N–H and O–H groups in total. The Morgan fingerprint density at radius 2 is 2.30 bits per heavy atom. The Kier molecular flexibility index (Phi) is 3.27. The van der Waals surface area contributed by atoms with Gasteiger partial charge in [0.05, 0.1) is 30.7 Å². The first-order chi connectivity index (χ1) is 9.65. The molecular weight excluding hydrogens is 260 g/mol. The van der Waals surface area contributed by atoms with E-state index in [1.807, 2.05) is 4.90 Å². The Morgan fingerprint density at radius 1 is 1.45 bits per heavy atom. The molecule has 3 heterocycles. The van der Waals surface area contributed by atoms with Crippen LogP contribution in [0.15, 0.2) is 18.3 Å². The molecule has 2 saturated heterocycles. The number of carbonyl (C=O) groups is 2. The second kappa shape index (κ2) is 5.09. The average Bonchev–Trinajstić information content (AvgIpc) is 2.67. The zero-order valence-corrected chi connectivity index (χ0v) is 10.9. The fourth-order valence-electron chi connectivity index (χ4n) is 2.64. The molecule has 1 aromatic rings. The number of primary amides is 1. The monoisotopic (exact) mass is 276 g/mol. The van der Waals surface area contributed by atoms with Crippen molar-refractivity contribution in [1.82, 2.24) is 10.3 Å². The number of amides is 2. The first kappa shape index (κ1) is 12.9. The van der Waals surface area contributed by atoms with E-state index in [0.29, 0.717) is 37.7 Å². The third kappa shape index (κ3) is 2.32. The smallest absolute Gasteiger partial charge is 0.252 e. The van der Waals surface area contributed by atoms with Gasteiger partial charge in [-0.2, -0.15) is 0 Å². The first-order valence-corrected chi connectivity index (χ1v) is 6.53. The third-order valence-electron chi connectivity index (χ3n) is 3.59. The summed E-state index contributed by atoms with van der Waals surface area (Å²) in [5.74, 6) is -0.247. The minimum atomic E-state index is -0.516. The van der Waals surface area contributed by atoms with Crippen molar-refractivity contribution in [3.05, 3.63) is 23.9 Å². The first-order valence-electron chi connectivity index (χ1n) is 6.53. The quantitative estimate of drug-likeness (QED) is 0.732. The number of carbonyl (C=O) groups excluding carboxylic acids is 2. The van der Waals surface area contributed by atoms with Crippen LogP contribution in [0.4, 0.5) is 5.82 Å². The van der Waals surface area contributed by atoms with E-state index in [2.05, 4.69) is 10.3 Å². The summed E-state index contributed by atoms with van der Waals surface area (Å²) in [6.45, 7) is 1.88. The normalized spacial score (nSPS) is 25.8. The maximum absolute atomic E-state index is 12.0. The topological polar surface area (TPSA) is 97.6 Å². The highest BCUT2D eigenvalue weighted by Crippen LogP contribution is 2.22. The average molecular weight is 276 g/mol. The minimum Gasteiger partial charge on any atom is -0.378 e. The summed E-state index contributed by atoms with van der Waals surface area (Å²) < 4.78 is 5.47. The number of hydrogen-bond acceptors (Lipinski definition) is 5. The molecule has 2 aliphatic heterocycles. The molecule has 3 rings (SSSR count). The highest BCUT2D eigenvalue weighted by atomic mass is 16.5. The highest BCUT2D eigenvalue weighted by Gasteiger charge is 2.34. The molecule has 0 aliphatic carbocycles. The summed E-state index contributed by atoms with van der Waals surface area (Å²) in [5, 5.41) is 2.94. The molecule has 2 atom stereocenters. The van der Waals surface area contributed by atoms with Crippen LogP contribution in [0.3, 0.4) is 0 Å². The number of anilines is 1. The van der Waals surface area contributed by atoms with E-state index in [0.717, 1.165) is 0 Å². The van der Waals surface area contributed by atoms with Gasteiger partial charge in [0, 0.05) is 19.3 Å². The van der Waals surface area contributed by atoms with Gasteiger partial charge in [0.25, 0.3) is 5.91 Å². The van der Waals surface area contributed by atoms with Gasteiger partial charge in [-0.15, -0.1) is 0 Å². The summed E-state index contributed by atoms with van der Waals surface area (Å²) in [6, 6.07) is 3.23. The Balaban J connectivity index is 1.95. The van der Waals surface area contributed by atoms with Gasteiger partial charge in [0.15, 0.2) is 0 Å². The van der Waals surface area contributed by atoms with Gasteiger partial charge in [-0.1, -0.05) is 0 Å². The van der Waals surface area contributed by atoms with Crippen LogP contribution in [-0.4, -0.2) is 49.1 Å². The molecular formula is C13H16N4O3. The Bertz CT molecular complexity index is 548. The molecule has 2 amide bonds. The van der Waals surface area contributed by atoms with Gasteiger partial charge in [0.1, 0.15) is 5.82 Å². The maximum Gasteiger partial charge on any atom is 0.252 e. The fourth-order valence-corrected chi connectivity index (χ4v) is 2.64. The van der Waals surface area contributed by atoms with Crippen LogP contribution in [0.2, 0.25) is 0 Å². The lowest BCUT2D eigenvalue weighted by molar-refractivity contribution is -0.124. The summed E-state index contributed by atoms with van der Waals surface area (Å²) >= 11 is 0. The number of aromatic nitrogens is 1. The zero-order chi connectivity index (χ0) is 14.1. The van der Waals surface area contributed by atoms with Gasteiger partial charge in [0.2, 0.25) is 5.91 Å². The summed E-state index contributed by atoms with van der Waals surface area (Å²) in [7, 11) is 0. The van der Waals surface area contributed by atoms with E-state index < -0.39 is 5.91 Å². The molecule has 1 aromatic heterocycles. The van der Waals surface area contributed by atoms with Crippen molar-refractivity contribution < 1.29 is 14.3 Å². The van der Waals surface area contributed by atoms with E-state index >= 15 is 0 Å². The third-order valence-corrected chi connectivity index (χ3v) is 3.59. The van der Waals surface area contributed by atoms with Crippen LogP contribution in [-0.2, 0) is 9.53 Å². The maximum atomic E-state index is 12.0. The Morgan fingerprint density at radius 3 is 3.10 bits per heavy atom. The van der Waals surface area contributed by atoms with Crippen molar-refractivity contribution in [2.24, 2.45) is 11.7 Å². The minimum absolute atomic E-state index is 0.00782. The Hall–Kier alpha value is -2.15. The van der Waals surface area contributed by atoms with Crippen LogP contribution < -0.4 is 16.0 Å². The van der Waals surface area contributed by atoms with Crippen LogP contribution in [0.25, 0.3) is 0 Å². The second-order valence-electron chi connectivity index (χ2n) is 5.08. The van der Waals surface area contributed by atoms with E-state index in [1.54, 1.807) is 18.3 Å². The van der Waals surface area contributed by atoms with Gasteiger partial charge < -0.3 is 20.7 Å². The fraction of sp³-hybridized carbons (Fsp3) is 0.462. The van der Waals surface area contributed by atoms with E-state index in [1.165, 1.54) is 0 Å². The van der Waals surface area contributed by atoms with Gasteiger partial charge in [-0.05, 0) is 12.1 Å². The number of nitrogens with one attached hydrogen (secondary N) is 1. The molecule has 0 unspecified atom stereocenters. The molecule has 0 aromatic carbocycles. The van der Waals surface area contributed by atoms with Crippen molar-refractivity contribution in [3.8, 4) is 0 Å². The molecule has 2 fully saturated rings. The molecule has 20 heavy (non-hydrogen) atoms. The van der Waals surface area contributed by atoms with Gasteiger partial charge in [-0.25, -0.2) is 4.98 Å². The largest absolute Gasteiger partial charge is 0.378 e. The number of nitrogens with zero attached hydrogens (tertiary/aromatic N) is 2. The number of fused-ring (bicyclic) bond motifs is 3. The van der Waals surface area contributed by atoms with Gasteiger partial charge in [-0.3, -0.25) is 9.59 Å². The molecule has 7 heteroatoms. The summed E-state index contributed by atoms with van der Waals surface area (Å²) in [6.07, 6.45) is 1.62. The van der Waals surface area contributed by atoms with Crippen LogP contribution in [0.5, 0.6) is 0 Å². The number of hydrogen-bond donors (Lipinski definition) is 2. The lowest BCUT2D eigenvalue weighted by Crippen LogP contribution is -2.43. The highest BCUT2D eigenvalue weighted by molar-refractivity contribution is 5.97. The SMILES string of the molecule is NC(=O)c1cccnc1N1C[C@H]2COC[C@@H](C1)C(=O)N2.